The number of aryl methyl sites for hydroxylation is 1. The van der Waals surface area contributed by atoms with Crippen molar-refractivity contribution >= 4 is 40.9 Å². The summed E-state index contributed by atoms with van der Waals surface area (Å²) in [6.45, 7) is 3.96. The highest BCUT2D eigenvalue weighted by atomic mass is 35.5. The normalized spacial score (nSPS) is 16.1. The molecule has 0 saturated carbocycles. The van der Waals surface area contributed by atoms with Crippen molar-refractivity contribution in [3.63, 3.8) is 0 Å². The van der Waals surface area contributed by atoms with Gasteiger partial charge in [0, 0.05) is 10.6 Å². The van der Waals surface area contributed by atoms with Gasteiger partial charge in [0.25, 0.3) is 0 Å². The number of esters is 1. The molecule has 37 heavy (non-hydrogen) atoms. The van der Waals surface area contributed by atoms with Crippen molar-refractivity contribution in [3.8, 4) is 11.3 Å². The Morgan fingerprint density at radius 3 is 2.46 bits per heavy atom. The van der Waals surface area contributed by atoms with Gasteiger partial charge in [-0.25, -0.2) is 14.7 Å². The molecule has 4 aromatic rings. The van der Waals surface area contributed by atoms with Gasteiger partial charge in [-0.15, -0.1) is 5.10 Å². The Kier molecular flexibility index (Phi) is 5.73. The van der Waals surface area contributed by atoms with Crippen molar-refractivity contribution in [1.82, 2.24) is 5.16 Å². The zero-order valence-electron chi connectivity index (χ0n) is 20.1. The first-order valence-electron chi connectivity index (χ1n) is 11.9. The van der Waals surface area contributed by atoms with Gasteiger partial charge in [-0.1, -0.05) is 76.9 Å². The maximum absolute atomic E-state index is 13.1. The molecule has 0 N–H and O–H groups in total. The highest BCUT2D eigenvalue weighted by Gasteiger charge is 2.46. The SMILES string of the molecule is CCOC(=O)C1=NN(c2ccc(C)cc2)C2=NC(c3ccc(Cl)cc3)c3c(-c4ccccc4)noc3N12. The minimum absolute atomic E-state index is 0.0488. The summed E-state index contributed by atoms with van der Waals surface area (Å²) in [7, 11) is 0. The van der Waals surface area contributed by atoms with Gasteiger partial charge in [-0.3, -0.25) is 0 Å². The molecule has 3 heterocycles. The third kappa shape index (κ3) is 3.95. The number of hydrogen-bond acceptors (Lipinski definition) is 8. The molecular formula is C28H22ClN5O3. The van der Waals surface area contributed by atoms with Crippen LogP contribution in [0.2, 0.25) is 5.02 Å². The number of fused-ring (bicyclic) bond motifs is 3. The van der Waals surface area contributed by atoms with Crippen molar-refractivity contribution in [3.05, 3.63) is 101 Å². The van der Waals surface area contributed by atoms with Gasteiger partial charge in [0.1, 0.15) is 11.7 Å². The number of carbonyl (C=O) groups excluding carboxylic acids is 1. The first kappa shape index (κ1) is 23.0. The van der Waals surface area contributed by atoms with Crippen LogP contribution in [-0.2, 0) is 9.53 Å². The summed E-state index contributed by atoms with van der Waals surface area (Å²) in [5.41, 5.74) is 4.97. The Labute approximate surface area is 218 Å². The molecule has 3 aromatic carbocycles. The van der Waals surface area contributed by atoms with E-state index in [1.54, 1.807) is 16.8 Å². The highest BCUT2D eigenvalue weighted by molar-refractivity contribution is 6.50. The van der Waals surface area contributed by atoms with E-state index in [2.05, 4.69) is 10.3 Å². The Balaban J connectivity index is 1.57. The molecular weight excluding hydrogens is 490 g/mol. The molecule has 0 amide bonds. The molecule has 1 aromatic heterocycles. The van der Waals surface area contributed by atoms with Gasteiger partial charge >= 0.3 is 5.97 Å². The van der Waals surface area contributed by atoms with Crippen LogP contribution in [0.25, 0.3) is 11.3 Å². The van der Waals surface area contributed by atoms with Crippen LogP contribution >= 0.6 is 11.6 Å². The molecule has 184 valence electrons. The summed E-state index contributed by atoms with van der Waals surface area (Å²) in [6.07, 6.45) is 0. The number of ether oxygens (including phenoxy) is 1. The number of guanidine groups is 1. The lowest BCUT2D eigenvalue weighted by molar-refractivity contribution is -0.135. The maximum atomic E-state index is 13.1. The van der Waals surface area contributed by atoms with Gasteiger partial charge in [-0.2, -0.15) is 5.01 Å². The average Bonchev–Trinajstić information content (AvgIpc) is 3.52. The molecule has 2 aliphatic heterocycles. The standard InChI is InChI=1S/C28H22ClN5O3/c1-3-36-27(35)25-31-34(21-15-9-17(2)10-16-21)28-30-23(19-11-13-20(29)14-12-19)22-24(18-7-5-4-6-8-18)32-37-26(22)33(25)28/h4-16,23H,3H2,1-2H3. The zero-order chi connectivity index (χ0) is 25.5. The van der Waals surface area contributed by atoms with Crippen LogP contribution in [0.3, 0.4) is 0 Å². The third-order valence-electron chi connectivity index (χ3n) is 6.20. The van der Waals surface area contributed by atoms with Gasteiger partial charge in [-0.05, 0) is 43.7 Å². The predicted octanol–water partition coefficient (Wildman–Crippen LogP) is 5.97. The largest absolute Gasteiger partial charge is 0.460 e. The monoisotopic (exact) mass is 511 g/mol. The summed E-state index contributed by atoms with van der Waals surface area (Å²) in [6, 6.07) is 24.6. The fourth-order valence-corrected chi connectivity index (χ4v) is 4.55. The van der Waals surface area contributed by atoms with E-state index >= 15 is 0 Å². The number of amidine groups is 1. The van der Waals surface area contributed by atoms with E-state index in [9.17, 15) is 4.79 Å². The molecule has 1 atom stereocenters. The second-order valence-electron chi connectivity index (χ2n) is 8.63. The topological polar surface area (TPSA) is 83.5 Å². The fourth-order valence-electron chi connectivity index (χ4n) is 4.43. The number of aromatic nitrogens is 1. The molecule has 0 aliphatic carbocycles. The second kappa shape index (κ2) is 9.22. The summed E-state index contributed by atoms with van der Waals surface area (Å²) >= 11 is 6.19. The van der Waals surface area contributed by atoms with Crippen LogP contribution in [-0.4, -0.2) is 29.5 Å². The summed E-state index contributed by atoms with van der Waals surface area (Å²) < 4.78 is 11.3. The van der Waals surface area contributed by atoms with Crippen LogP contribution in [0.4, 0.5) is 11.6 Å². The van der Waals surface area contributed by atoms with Crippen LogP contribution in [0.5, 0.6) is 0 Å². The number of rotatable bonds is 5. The number of carbonyl (C=O) groups is 1. The van der Waals surface area contributed by atoms with E-state index in [0.29, 0.717) is 22.6 Å². The number of aliphatic imine (C=N–C) groups is 1. The minimum Gasteiger partial charge on any atom is -0.460 e. The van der Waals surface area contributed by atoms with Crippen molar-refractivity contribution in [2.24, 2.45) is 10.1 Å². The first-order chi connectivity index (χ1) is 18.0. The molecule has 0 saturated heterocycles. The number of nitrogens with zero attached hydrogens (tertiary/aromatic N) is 5. The molecule has 8 nitrogen and oxygen atoms in total. The molecule has 0 fully saturated rings. The van der Waals surface area contributed by atoms with Gasteiger partial charge in [0.2, 0.25) is 17.7 Å². The van der Waals surface area contributed by atoms with Gasteiger partial charge in [0.05, 0.1) is 17.9 Å². The molecule has 9 heteroatoms. The molecule has 6 rings (SSSR count). The fraction of sp³-hybridized carbons (Fsp3) is 0.143. The van der Waals surface area contributed by atoms with Crippen LogP contribution in [0.15, 0.2) is 93.5 Å². The molecule has 0 radical (unpaired) electrons. The van der Waals surface area contributed by atoms with Crippen LogP contribution in [0, 0.1) is 6.92 Å². The Bertz CT molecular complexity index is 1530. The van der Waals surface area contributed by atoms with E-state index in [4.69, 9.17) is 25.9 Å². The van der Waals surface area contributed by atoms with E-state index in [1.807, 2.05) is 85.8 Å². The Hall–Kier alpha value is -4.43. The lowest BCUT2D eigenvalue weighted by Gasteiger charge is -2.28. The summed E-state index contributed by atoms with van der Waals surface area (Å²) in [4.78, 5) is 19.8. The number of halogens is 1. The van der Waals surface area contributed by atoms with E-state index in [0.717, 1.165) is 27.9 Å². The number of hydrazone groups is 1. The quantitative estimate of drug-likeness (QED) is 0.307. The average molecular weight is 512 g/mol. The lowest BCUT2D eigenvalue weighted by atomic mass is 9.94. The second-order valence-corrected chi connectivity index (χ2v) is 9.06. The molecule has 1 unspecified atom stereocenters. The predicted molar refractivity (Wildman–Crippen MR) is 143 cm³/mol. The van der Waals surface area contributed by atoms with Crippen molar-refractivity contribution in [1.29, 1.82) is 0 Å². The third-order valence-corrected chi connectivity index (χ3v) is 6.45. The Morgan fingerprint density at radius 1 is 1.03 bits per heavy atom. The van der Waals surface area contributed by atoms with Crippen LogP contribution in [0.1, 0.15) is 29.7 Å². The van der Waals surface area contributed by atoms with Gasteiger partial charge < -0.3 is 9.26 Å². The molecule has 0 spiro atoms. The van der Waals surface area contributed by atoms with E-state index < -0.39 is 12.0 Å². The maximum Gasteiger partial charge on any atom is 0.376 e. The zero-order valence-corrected chi connectivity index (χ0v) is 20.9. The van der Waals surface area contributed by atoms with Crippen molar-refractivity contribution in [2.45, 2.75) is 19.9 Å². The first-order valence-corrected chi connectivity index (χ1v) is 12.2. The van der Waals surface area contributed by atoms with E-state index in [1.165, 1.54) is 0 Å². The molecule has 2 aliphatic rings. The van der Waals surface area contributed by atoms with Crippen molar-refractivity contribution in [2.75, 3.05) is 16.5 Å². The van der Waals surface area contributed by atoms with E-state index in [-0.39, 0.29) is 12.4 Å². The summed E-state index contributed by atoms with van der Waals surface area (Å²) in [5.74, 6) is 0.242. The van der Waals surface area contributed by atoms with Gasteiger partial charge in [0.15, 0.2) is 0 Å². The Morgan fingerprint density at radius 2 is 1.76 bits per heavy atom. The summed E-state index contributed by atoms with van der Waals surface area (Å²) in [5, 5.41) is 11.3. The number of anilines is 2. The lowest BCUT2D eigenvalue weighted by Crippen LogP contribution is -2.43. The number of benzene rings is 3. The smallest absolute Gasteiger partial charge is 0.376 e. The highest BCUT2D eigenvalue weighted by Crippen LogP contribution is 2.46. The minimum atomic E-state index is -0.585. The van der Waals surface area contributed by atoms with Crippen LogP contribution < -0.4 is 9.91 Å². The number of hydrogen-bond donors (Lipinski definition) is 0. The molecule has 0 bridgehead atoms. The van der Waals surface area contributed by atoms with Crippen molar-refractivity contribution < 1.29 is 14.1 Å².